The minimum absolute atomic E-state index is 0.195. The Balaban J connectivity index is 2.08. The molecular weight excluding hydrogens is 270 g/mol. The van der Waals surface area contributed by atoms with E-state index in [4.69, 9.17) is 11.6 Å². The molecule has 0 saturated heterocycles. The molecule has 0 unspecified atom stereocenters. The van der Waals surface area contributed by atoms with Gasteiger partial charge in [-0.2, -0.15) is 0 Å². The fraction of sp³-hybridized carbons (Fsp3) is 0.118. The summed E-state index contributed by atoms with van der Waals surface area (Å²) in [5, 5.41) is 3.31. The number of hydrogen-bond acceptors (Lipinski definition) is 1. The average Bonchev–Trinajstić information content (AvgIpc) is 2.41. The SMILES string of the molecule is Cc1ccc(NC(=O)/C=C/c2ccccc2C)c(Cl)c1. The predicted molar refractivity (Wildman–Crippen MR) is 85.0 cm³/mol. The summed E-state index contributed by atoms with van der Waals surface area (Å²) in [4.78, 5) is 11.9. The highest BCUT2D eigenvalue weighted by atomic mass is 35.5. The van der Waals surface area contributed by atoms with Crippen molar-refractivity contribution in [3.8, 4) is 0 Å². The van der Waals surface area contributed by atoms with Crippen molar-refractivity contribution in [2.24, 2.45) is 0 Å². The summed E-state index contributed by atoms with van der Waals surface area (Å²) in [6, 6.07) is 13.4. The Bertz CT molecular complexity index is 662. The molecule has 1 amide bonds. The van der Waals surface area contributed by atoms with E-state index in [9.17, 15) is 4.79 Å². The number of aryl methyl sites for hydroxylation is 2. The highest BCUT2D eigenvalue weighted by Gasteiger charge is 2.03. The number of halogens is 1. The van der Waals surface area contributed by atoms with Crippen LogP contribution in [0.2, 0.25) is 5.02 Å². The number of anilines is 1. The van der Waals surface area contributed by atoms with Gasteiger partial charge in [-0.25, -0.2) is 0 Å². The second kappa shape index (κ2) is 6.40. The number of carbonyl (C=O) groups is 1. The van der Waals surface area contributed by atoms with E-state index >= 15 is 0 Å². The number of carbonyl (C=O) groups excluding carboxylic acids is 1. The molecule has 0 aliphatic carbocycles. The van der Waals surface area contributed by atoms with E-state index in [0.29, 0.717) is 10.7 Å². The molecule has 102 valence electrons. The molecule has 2 nitrogen and oxygen atoms in total. The molecule has 2 aromatic rings. The second-order valence-electron chi connectivity index (χ2n) is 4.66. The third-order valence-electron chi connectivity index (χ3n) is 2.99. The predicted octanol–water partition coefficient (Wildman–Crippen LogP) is 4.61. The van der Waals surface area contributed by atoms with Crippen molar-refractivity contribution < 1.29 is 4.79 Å². The van der Waals surface area contributed by atoms with Gasteiger partial charge in [0.1, 0.15) is 0 Å². The molecule has 0 spiro atoms. The molecule has 0 fully saturated rings. The molecular formula is C17H16ClNO. The second-order valence-corrected chi connectivity index (χ2v) is 5.07. The van der Waals surface area contributed by atoms with Crippen LogP contribution in [0.25, 0.3) is 6.08 Å². The Kier molecular flexibility index (Phi) is 4.59. The summed E-state index contributed by atoms with van der Waals surface area (Å²) in [6.45, 7) is 3.96. The van der Waals surface area contributed by atoms with Crippen LogP contribution in [0.5, 0.6) is 0 Å². The van der Waals surface area contributed by atoms with Crippen LogP contribution < -0.4 is 5.32 Å². The summed E-state index contributed by atoms with van der Waals surface area (Å²) in [7, 11) is 0. The molecule has 0 heterocycles. The van der Waals surface area contributed by atoms with Crippen molar-refractivity contribution in [1.29, 1.82) is 0 Å². The monoisotopic (exact) mass is 285 g/mol. The van der Waals surface area contributed by atoms with Crippen molar-refractivity contribution >= 4 is 29.3 Å². The van der Waals surface area contributed by atoms with Gasteiger partial charge in [0.05, 0.1) is 10.7 Å². The number of rotatable bonds is 3. The summed E-state index contributed by atoms with van der Waals surface area (Å²) >= 11 is 6.08. The van der Waals surface area contributed by atoms with Gasteiger partial charge in [0.25, 0.3) is 0 Å². The van der Waals surface area contributed by atoms with Crippen LogP contribution >= 0.6 is 11.6 Å². The van der Waals surface area contributed by atoms with Crippen LogP contribution in [0.15, 0.2) is 48.5 Å². The van der Waals surface area contributed by atoms with E-state index < -0.39 is 0 Å². The fourth-order valence-electron chi connectivity index (χ4n) is 1.84. The van der Waals surface area contributed by atoms with Gasteiger partial charge < -0.3 is 5.32 Å². The molecule has 0 radical (unpaired) electrons. The van der Waals surface area contributed by atoms with Crippen LogP contribution in [0.3, 0.4) is 0 Å². The standard InChI is InChI=1S/C17H16ClNO/c1-12-7-9-16(15(18)11-12)19-17(20)10-8-14-6-4-3-5-13(14)2/h3-11H,1-2H3,(H,19,20)/b10-8+. The first-order valence-electron chi connectivity index (χ1n) is 6.37. The molecule has 0 aliphatic heterocycles. The molecule has 1 N–H and O–H groups in total. The van der Waals surface area contributed by atoms with E-state index in [1.807, 2.05) is 50.2 Å². The molecule has 20 heavy (non-hydrogen) atoms. The lowest BCUT2D eigenvalue weighted by molar-refractivity contribution is -0.111. The summed E-state index contributed by atoms with van der Waals surface area (Å²) in [6.07, 6.45) is 3.31. The van der Waals surface area contributed by atoms with E-state index in [2.05, 4.69) is 5.32 Å². The third kappa shape index (κ3) is 3.72. The summed E-state index contributed by atoms with van der Waals surface area (Å²) < 4.78 is 0. The zero-order valence-corrected chi connectivity index (χ0v) is 12.2. The van der Waals surface area contributed by atoms with Crippen LogP contribution in [0.4, 0.5) is 5.69 Å². The van der Waals surface area contributed by atoms with E-state index in [1.165, 1.54) is 6.08 Å². The number of nitrogens with one attached hydrogen (secondary N) is 1. The van der Waals surface area contributed by atoms with Crippen LogP contribution in [0.1, 0.15) is 16.7 Å². The van der Waals surface area contributed by atoms with Gasteiger partial charge in [0.15, 0.2) is 0 Å². The molecule has 2 rings (SSSR count). The maximum absolute atomic E-state index is 11.9. The van der Waals surface area contributed by atoms with Gasteiger partial charge in [-0.05, 0) is 48.7 Å². The zero-order valence-electron chi connectivity index (χ0n) is 11.5. The normalized spacial score (nSPS) is 10.8. The highest BCUT2D eigenvalue weighted by Crippen LogP contribution is 2.22. The van der Waals surface area contributed by atoms with E-state index in [-0.39, 0.29) is 5.91 Å². The Labute approximate surface area is 124 Å². The largest absolute Gasteiger partial charge is 0.321 e. The number of hydrogen-bond donors (Lipinski definition) is 1. The molecule has 0 bridgehead atoms. The first kappa shape index (κ1) is 14.4. The van der Waals surface area contributed by atoms with Gasteiger partial charge in [0, 0.05) is 6.08 Å². The minimum atomic E-state index is -0.195. The lowest BCUT2D eigenvalue weighted by Gasteiger charge is -2.05. The van der Waals surface area contributed by atoms with Crippen LogP contribution in [0, 0.1) is 13.8 Å². The van der Waals surface area contributed by atoms with Gasteiger partial charge in [-0.1, -0.05) is 41.9 Å². The Hall–Kier alpha value is -2.06. The molecule has 3 heteroatoms. The van der Waals surface area contributed by atoms with Crippen molar-refractivity contribution in [2.75, 3.05) is 5.32 Å². The smallest absolute Gasteiger partial charge is 0.248 e. The molecule has 0 aliphatic rings. The van der Waals surface area contributed by atoms with E-state index in [1.54, 1.807) is 12.1 Å². The highest BCUT2D eigenvalue weighted by molar-refractivity contribution is 6.33. The van der Waals surface area contributed by atoms with Gasteiger partial charge in [-0.15, -0.1) is 0 Å². The topological polar surface area (TPSA) is 29.1 Å². The molecule has 0 aromatic heterocycles. The average molecular weight is 286 g/mol. The molecule has 0 saturated carbocycles. The van der Waals surface area contributed by atoms with Crippen molar-refractivity contribution in [3.05, 3.63) is 70.3 Å². The Morgan fingerprint density at radius 3 is 2.60 bits per heavy atom. The maximum Gasteiger partial charge on any atom is 0.248 e. The Morgan fingerprint density at radius 2 is 1.90 bits per heavy atom. The fourth-order valence-corrected chi connectivity index (χ4v) is 2.12. The van der Waals surface area contributed by atoms with Crippen molar-refractivity contribution in [3.63, 3.8) is 0 Å². The summed E-state index contributed by atoms with van der Waals surface area (Å²) in [5.41, 5.74) is 3.84. The third-order valence-corrected chi connectivity index (χ3v) is 3.30. The van der Waals surface area contributed by atoms with Crippen LogP contribution in [-0.4, -0.2) is 5.91 Å². The van der Waals surface area contributed by atoms with Gasteiger partial charge in [0.2, 0.25) is 5.91 Å². The summed E-state index contributed by atoms with van der Waals surface area (Å²) in [5.74, 6) is -0.195. The quantitative estimate of drug-likeness (QED) is 0.820. The maximum atomic E-state index is 11.9. The zero-order chi connectivity index (χ0) is 14.5. The Morgan fingerprint density at radius 1 is 1.15 bits per heavy atom. The van der Waals surface area contributed by atoms with Gasteiger partial charge >= 0.3 is 0 Å². The minimum Gasteiger partial charge on any atom is -0.321 e. The number of benzene rings is 2. The van der Waals surface area contributed by atoms with Crippen LogP contribution in [-0.2, 0) is 4.79 Å². The van der Waals surface area contributed by atoms with Crippen molar-refractivity contribution in [1.82, 2.24) is 0 Å². The molecule has 0 atom stereocenters. The first-order chi connectivity index (χ1) is 9.56. The number of amides is 1. The van der Waals surface area contributed by atoms with Gasteiger partial charge in [-0.3, -0.25) is 4.79 Å². The first-order valence-corrected chi connectivity index (χ1v) is 6.75. The molecule has 2 aromatic carbocycles. The van der Waals surface area contributed by atoms with Crippen molar-refractivity contribution in [2.45, 2.75) is 13.8 Å². The lowest BCUT2D eigenvalue weighted by atomic mass is 10.1. The van der Waals surface area contributed by atoms with E-state index in [0.717, 1.165) is 16.7 Å². The lowest BCUT2D eigenvalue weighted by Crippen LogP contribution is -2.08.